The Hall–Kier alpha value is -0.930. The molecular formula is C13H19BrN4O3S. The third kappa shape index (κ3) is 3.52. The summed E-state index contributed by atoms with van der Waals surface area (Å²) in [6.45, 7) is 1.45. The summed E-state index contributed by atoms with van der Waals surface area (Å²) in [5.74, 6) is 1.12. The highest BCUT2D eigenvalue weighted by Gasteiger charge is 2.37. The van der Waals surface area contributed by atoms with E-state index in [1.807, 2.05) is 0 Å². The highest BCUT2D eigenvalue weighted by molar-refractivity contribution is 9.10. The van der Waals surface area contributed by atoms with Crippen LogP contribution in [0.15, 0.2) is 10.7 Å². The van der Waals surface area contributed by atoms with E-state index in [0.717, 1.165) is 38.8 Å². The number of aromatic nitrogens is 2. The van der Waals surface area contributed by atoms with Crippen LogP contribution in [0.25, 0.3) is 0 Å². The van der Waals surface area contributed by atoms with E-state index in [0.29, 0.717) is 16.3 Å². The minimum absolute atomic E-state index is 0.0131. The molecule has 0 spiro atoms. The number of piperidine rings is 1. The van der Waals surface area contributed by atoms with Gasteiger partial charge in [0.2, 0.25) is 21.9 Å². The van der Waals surface area contributed by atoms with Crippen molar-refractivity contribution >= 4 is 31.9 Å². The molecule has 0 radical (unpaired) electrons. The number of nitrogens with zero attached hydrogens (tertiary/aromatic N) is 3. The smallest absolute Gasteiger partial charge is 0.232 e. The van der Waals surface area contributed by atoms with Crippen molar-refractivity contribution in [3.63, 3.8) is 0 Å². The molecule has 2 aliphatic rings. The molecule has 3 rings (SSSR count). The van der Waals surface area contributed by atoms with Crippen LogP contribution in [0.2, 0.25) is 0 Å². The van der Waals surface area contributed by atoms with Gasteiger partial charge in [-0.3, -0.25) is 0 Å². The second-order valence-corrected chi connectivity index (χ2v) is 8.50. The van der Waals surface area contributed by atoms with Gasteiger partial charge in [0.1, 0.15) is 0 Å². The van der Waals surface area contributed by atoms with Gasteiger partial charge in [-0.15, -0.1) is 0 Å². The van der Waals surface area contributed by atoms with Crippen LogP contribution >= 0.6 is 15.9 Å². The van der Waals surface area contributed by atoms with Crippen LogP contribution in [0, 0.1) is 0 Å². The number of hydrogen-bond acceptors (Lipinski definition) is 6. The number of anilines is 1. The Morgan fingerprint density at radius 1 is 1.32 bits per heavy atom. The number of hydrogen-bond donors (Lipinski definition) is 1. The molecule has 2 fully saturated rings. The molecule has 1 aliphatic carbocycles. The molecule has 22 heavy (non-hydrogen) atoms. The molecule has 9 heteroatoms. The first kappa shape index (κ1) is 15.9. The van der Waals surface area contributed by atoms with Gasteiger partial charge in [0, 0.05) is 19.1 Å². The van der Waals surface area contributed by atoms with Gasteiger partial charge < -0.3 is 9.64 Å². The molecule has 1 aromatic heterocycles. The minimum Gasteiger partial charge on any atom is -0.480 e. The number of methoxy groups -OCH3 is 1. The SMILES string of the molecule is COc1nc(N2CCC(NS(=O)(=O)C3CC3)CC2)ncc1Br. The van der Waals surface area contributed by atoms with Gasteiger partial charge in [-0.05, 0) is 41.6 Å². The molecule has 2 heterocycles. The van der Waals surface area contributed by atoms with Crippen LogP contribution in [-0.4, -0.2) is 49.9 Å². The lowest BCUT2D eigenvalue weighted by molar-refractivity contribution is 0.392. The summed E-state index contributed by atoms with van der Waals surface area (Å²) in [5, 5.41) is -0.162. The second kappa shape index (κ2) is 6.29. The quantitative estimate of drug-likeness (QED) is 0.815. The lowest BCUT2D eigenvalue weighted by atomic mass is 10.1. The van der Waals surface area contributed by atoms with Gasteiger partial charge in [-0.2, -0.15) is 4.98 Å². The topological polar surface area (TPSA) is 84.4 Å². The summed E-state index contributed by atoms with van der Waals surface area (Å²) in [6, 6.07) is 0.0131. The van der Waals surface area contributed by atoms with Crippen molar-refractivity contribution in [3.05, 3.63) is 10.7 Å². The van der Waals surface area contributed by atoms with E-state index >= 15 is 0 Å². The van der Waals surface area contributed by atoms with Gasteiger partial charge in [-0.1, -0.05) is 0 Å². The largest absolute Gasteiger partial charge is 0.480 e. The Balaban J connectivity index is 1.59. The third-order valence-electron chi connectivity index (χ3n) is 3.96. The van der Waals surface area contributed by atoms with Crippen molar-refractivity contribution in [2.45, 2.75) is 37.0 Å². The monoisotopic (exact) mass is 390 g/mol. The van der Waals surface area contributed by atoms with E-state index in [1.54, 1.807) is 13.3 Å². The number of sulfonamides is 1. The maximum atomic E-state index is 12.0. The van der Waals surface area contributed by atoms with Gasteiger partial charge in [0.25, 0.3) is 0 Å². The standard InChI is InChI=1S/C13H19BrN4O3S/c1-21-12-11(14)8-15-13(16-12)18-6-4-9(5-7-18)17-22(19,20)10-2-3-10/h8-10,17H,2-7H2,1H3. The molecule has 7 nitrogen and oxygen atoms in total. The van der Waals surface area contributed by atoms with Crippen LogP contribution in [0.1, 0.15) is 25.7 Å². The number of rotatable bonds is 5. The van der Waals surface area contributed by atoms with Crippen LogP contribution < -0.4 is 14.4 Å². The van der Waals surface area contributed by atoms with Gasteiger partial charge in [0.15, 0.2) is 0 Å². The van der Waals surface area contributed by atoms with Gasteiger partial charge >= 0.3 is 0 Å². The lowest BCUT2D eigenvalue weighted by Crippen LogP contribution is -2.46. The van der Waals surface area contributed by atoms with Crippen molar-refractivity contribution in [2.24, 2.45) is 0 Å². The molecule has 0 atom stereocenters. The minimum atomic E-state index is -3.11. The molecule has 0 aromatic carbocycles. The Morgan fingerprint density at radius 3 is 2.59 bits per heavy atom. The van der Waals surface area contributed by atoms with Crippen molar-refractivity contribution in [2.75, 3.05) is 25.1 Å². The Morgan fingerprint density at radius 2 is 2.00 bits per heavy atom. The molecule has 1 aromatic rings. The molecule has 1 aliphatic heterocycles. The summed E-state index contributed by atoms with van der Waals surface area (Å²) in [7, 11) is -1.55. The number of nitrogens with one attached hydrogen (secondary N) is 1. The van der Waals surface area contributed by atoms with Gasteiger partial charge in [-0.25, -0.2) is 18.1 Å². The van der Waals surface area contributed by atoms with E-state index in [-0.39, 0.29) is 11.3 Å². The zero-order valence-electron chi connectivity index (χ0n) is 12.3. The summed E-state index contributed by atoms with van der Waals surface area (Å²) in [4.78, 5) is 10.7. The van der Waals surface area contributed by atoms with E-state index in [1.165, 1.54) is 0 Å². The van der Waals surface area contributed by atoms with Crippen molar-refractivity contribution in [1.82, 2.24) is 14.7 Å². The third-order valence-corrected chi connectivity index (χ3v) is 6.52. The fourth-order valence-corrected chi connectivity index (χ4v) is 4.54. The van der Waals surface area contributed by atoms with Crippen LogP contribution in [0.5, 0.6) is 5.88 Å². The zero-order chi connectivity index (χ0) is 15.7. The Labute approximate surface area is 138 Å². The molecule has 1 saturated heterocycles. The van der Waals surface area contributed by atoms with E-state index in [4.69, 9.17) is 4.74 Å². The summed E-state index contributed by atoms with van der Waals surface area (Å²) in [5.41, 5.74) is 0. The van der Waals surface area contributed by atoms with Crippen LogP contribution in [0.4, 0.5) is 5.95 Å². The molecule has 1 saturated carbocycles. The average Bonchev–Trinajstić information content (AvgIpc) is 3.33. The highest BCUT2D eigenvalue weighted by atomic mass is 79.9. The second-order valence-electron chi connectivity index (χ2n) is 5.65. The maximum Gasteiger partial charge on any atom is 0.232 e. The van der Waals surface area contributed by atoms with Gasteiger partial charge in [0.05, 0.1) is 23.0 Å². The molecule has 0 bridgehead atoms. The first-order valence-electron chi connectivity index (χ1n) is 7.32. The lowest BCUT2D eigenvalue weighted by Gasteiger charge is -2.32. The Kier molecular flexibility index (Phi) is 4.56. The average molecular weight is 391 g/mol. The van der Waals surface area contributed by atoms with E-state index in [9.17, 15) is 8.42 Å². The van der Waals surface area contributed by atoms with E-state index in [2.05, 4.69) is 35.5 Å². The predicted octanol–water partition coefficient (Wildman–Crippen LogP) is 1.30. The van der Waals surface area contributed by atoms with Crippen LogP contribution in [-0.2, 0) is 10.0 Å². The van der Waals surface area contributed by atoms with Crippen molar-refractivity contribution < 1.29 is 13.2 Å². The maximum absolute atomic E-state index is 12.0. The first-order valence-corrected chi connectivity index (χ1v) is 9.66. The molecule has 0 amide bonds. The first-order chi connectivity index (χ1) is 10.5. The summed E-state index contributed by atoms with van der Waals surface area (Å²) in [6.07, 6.45) is 4.77. The molecular weight excluding hydrogens is 372 g/mol. The van der Waals surface area contributed by atoms with E-state index < -0.39 is 10.0 Å². The summed E-state index contributed by atoms with van der Waals surface area (Å²) >= 11 is 3.33. The summed E-state index contributed by atoms with van der Waals surface area (Å²) < 4.78 is 32.7. The van der Waals surface area contributed by atoms with Crippen molar-refractivity contribution in [3.8, 4) is 5.88 Å². The molecule has 0 unspecified atom stereocenters. The Bertz CT molecular complexity index is 643. The normalized spacial score (nSPS) is 20.2. The van der Waals surface area contributed by atoms with Crippen molar-refractivity contribution in [1.29, 1.82) is 0 Å². The number of ether oxygens (including phenoxy) is 1. The fraction of sp³-hybridized carbons (Fsp3) is 0.692. The molecule has 122 valence electrons. The highest BCUT2D eigenvalue weighted by Crippen LogP contribution is 2.29. The van der Waals surface area contributed by atoms with Crippen LogP contribution in [0.3, 0.4) is 0 Å². The number of halogens is 1. The molecule has 1 N–H and O–H groups in total. The predicted molar refractivity (Wildman–Crippen MR) is 86.6 cm³/mol. The zero-order valence-corrected chi connectivity index (χ0v) is 14.7. The fourth-order valence-electron chi connectivity index (χ4n) is 2.54.